The molecule has 0 aliphatic carbocycles. The highest BCUT2D eigenvalue weighted by atomic mass is 32.2. The highest BCUT2D eigenvalue weighted by Gasteiger charge is 2.29. The average Bonchev–Trinajstić information content (AvgIpc) is 2.92. The van der Waals surface area contributed by atoms with Crippen molar-refractivity contribution in [1.29, 1.82) is 0 Å². The molecule has 0 radical (unpaired) electrons. The number of carbonyl (C=O) groups excluding carboxylic acids is 2. The van der Waals surface area contributed by atoms with Crippen LogP contribution in [0.3, 0.4) is 0 Å². The normalized spacial score (nSPS) is 11.0. The van der Waals surface area contributed by atoms with Crippen molar-refractivity contribution in [3.63, 3.8) is 0 Å². The molecule has 3 rings (SSSR count). The van der Waals surface area contributed by atoms with E-state index in [9.17, 15) is 18.0 Å². The maximum atomic E-state index is 13.7. The lowest BCUT2D eigenvalue weighted by atomic mass is 10.1. The van der Waals surface area contributed by atoms with E-state index in [2.05, 4.69) is 5.32 Å². The summed E-state index contributed by atoms with van der Waals surface area (Å²) in [5.41, 5.74) is 1.73. The molecule has 202 valence electrons. The van der Waals surface area contributed by atoms with E-state index < -0.39 is 22.5 Å². The number of methoxy groups -OCH3 is 2. The number of carbonyl (C=O) groups is 2. The molecule has 0 aliphatic rings. The maximum Gasteiger partial charge on any atom is 0.264 e. The summed E-state index contributed by atoms with van der Waals surface area (Å²) in [6.07, 6.45) is 0. The molecule has 2 amide bonds. The van der Waals surface area contributed by atoms with Crippen LogP contribution < -0.4 is 19.1 Å². The van der Waals surface area contributed by atoms with Gasteiger partial charge in [-0.3, -0.25) is 13.9 Å². The van der Waals surface area contributed by atoms with Gasteiger partial charge in [-0.1, -0.05) is 29.8 Å². The molecule has 0 aromatic heterocycles. The number of rotatable bonds is 11. The van der Waals surface area contributed by atoms with E-state index >= 15 is 0 Å². The Morgan fingerprint density at radius 1 is 0.868 bits per heavy atom. The number of aryl methyl sites for hydroxylation is 1. The number of nitrogens with one attached hydrogen (secondary N) is 1. The van der Waals surface area contributed by atoms with Gasteiger partial charge in [0.15, 0.2) is 11.5 Å². The number of sulfonamides is 1. The minimum absolute atomic E-state index is 0.0304. The van der Waals surface area contributed by atoms with E-state index in [1.165, 1.54) is 38.5 Å². The summed E-state index contributed by atoms with van der Waals surface area (Å²) in [6, 6.07) is 17.6. The average molecular weight is 540 g/mol. The molecule has 0 heterocycles. The van der Waals surface area contributed by atoms with Gasteiger partial charge in [0.25, 0.3) is 15.9 Å². The first-order valence-corrected chi connectivity index (χ1v) is 13.6. The lowest BCUT2D eigenvalue weighted by Gasteiger charge is -2.25. The van der Waals surface area contributed by atoms with Gasteiger partial charge in [0, 0.05) is 19.2 Å². The Bertz CT molecular complexity index is 1390. The minimum Gasteiger partial charge on any atom is -0.493 e. The van der Waals surface area contributed by atoms with E-state index in [4.69, 9.17) is 9.47 Å². The Kier molecular flexibility index (Phi) is 9.35. The number of ether oxygens (including phenoxy) is 2. The predicted octanol–water partition coefficient (Wildman–Crippen LogP) is 4.33. The van der Waals surface area contributed by atoms with Gasteiger partial charge >= 0.3 is 0 Å². The number of benzene rings is 3. The van der Waals surface area contributed by atoms with Gasteiger partial charge in [0.2, 0.25) is 5.91 Å². The van der Waals surface area contributed by atoms with Crippen molar-refractivity contribution in [2.45, 2.75) is 25.7 Å². The second kappa shape index (κ2) is 12.5. The van der Waals surface area contributed by atoms with Crippen LogP contribution in [0.15, 0.2) is 71.6 Å². The largest absolute Gasteiger partial charge is 0.493 e. The summed E-state index contributed by atoms with van der Waals surface area (Å²) in [5, 5.41) is 2.73. The maximum absolute atomic E-state index is 13.7. The van der Waals surface area contributed by atoms with Crippen molar-refractivity contribution in [3.8, 4) is 11.5 Å². The number of anilines is 2. The molecule has 0 fully saturated rings. The van der Waals surface area contributed by atoms with Crippen molar-refractivity contribution in [3.05, 3.63) is 77.9 Å². The van der Waals surface area contributed by atoms with E-state index in [-0.39, 0.29) is 16.5 Å². The Morgan fingerprint density at radius 2 is 1.50 bits per heavy atom. The standard InChI is InChI=1S/C28H33N3O6S/c1-6-30(7-2)28(33)23-10-8-9-11-24(23)29-27(32)19-31(21-14-17-25(36-4)26(18-21)37-5)38(34,35)22-15-12-20(3)13-16-22/h8-18H,6-7,19H2,1-5H3,(H,29,32). The third-order valence-electron chi connectivity index (χ3n) is 6.03. The van der Waals surface area contributed by atoms with E-state index in [1.807, 2.05) is 20.8 Å². The zero-order valence-electron chi connectivity index (χ0n) is 22.2. The van der Waals surface area contributed by atoms with Gasteiger partial charge in [-0.25, -0.2) is 8.42 Å². The zero-order chi connectivity index (χ0) is 27.9. The second-order valence-corrected chi connectivity index (χ2v) is 10.3. The highest BCUT2D eigenvalue weighted by molar-refractivity contribution is 7.92. The molecule has 0 unspecified atom stereocenters. The van der Waals surface area contributed by atoms with Gasteiger partial charge in [-0.15, -0.1) is 0 Å². The van der Waals surface area contributed by atoms with Crippen molar-refractivity contribution < 1.29 is 27.5 Å². The number of para-hydroxylation sites is 1. The van der Waals surface area contributed by atoms with Crippen molar-refractivity contribution in [2.24, 2.45) is 0 Å². The van der Waals surface area contributed by atoms with Crippen LogP contribution >= 0.6 is 0 Å². The molecule has 0 atom stereocenters. The molecule has 38 heavy (non-hydrogen) atoms. The predicted molar refractivity (Wildman–Crippen MR) is 148 cm³/mol. The molecule has 3 aromatic rings. The molecule has 3 aromatic carbocycles. The smallest absolute Gasteiger partial charge is 0.264 e. The summed E-state index contributed by atoms with van der Waals surface area (Å²) in [6.45, 7) is 6.09. The Morgan fingerprint density at radius 3 is 2.11 bits per heavy atom. The first-order valence-electron chi connectivity index (χ1n) is 12.2. The van der Waals surface area contributed by atoms with Crippen LogP contribution in [0.25, 0.3) is 0 Å². The summed E-state index contributed by atoms with van der Waals surface area (Å²) in [7, 11) is -1.23. The summed E-state index contributed by atoms with van der Waals surface area (Å²) >= 11 is 0. The number of amides is 2. The van der Waals surface area contributed by atoms with Gasteiger partial charge < -0.3 is 19.7 Å². The number of nitrogens with zero attached hydrogens (tertiary/aromatic N) is 2. The fourth-order valence-corrected chi connectivity index (χ4v) is 5.33. The van der Waals surface area contributed by atoms with E-state index in [0.717, 1.165) is 9.87 Å². The Hall–Kier alpha value is -4.05. The first-order chi connectivity index (χ1) is 18.2. The molecule has 1 N–H and O–H groups in total. The Labute approximate surface area is 224 Å². The van der Waals surface area contributed by atoms with E-state index in [1.54, 1.807) is 47.4 Å². The fraction of sp³-hybridized carbons (Fsp3) is 0.286. The quantitative estimate of drug-likeness (QED) is 0.389. The minimum atomic E-state index is -4.15. The van der Waals surface area contributed by atoms with Gasteiger partial charge in [-0.05, 0) is 57.2 Å². The molecular weight excluding hydrogens is 506 g/mol. The highest BCUT2D eigenvalue weighted by Crippen LogP contribution is 2.34. The third kappa shape index (κ3) is 6.25. The van der Waals surface area contributed by atoms with Crippen molar-refractivity contribution in [2.75, 3.05) is 43.5 Å². The molecule has 0 spiro atoms. The van der Waals surface area contributed by atoms with Crippen LogP contribution in [0.2, 0.25) is 0 Å². The summed E-state index contributed by atoms with van der Waals surface area (Å²) in [5.74, 6) is -0.118. The molecule has 0 aliphatic heterocycles. The molecule has 9 nitrogen and oxygen atoms in total. The van der Waals surface area contributed by atoms with Crippen LogP contribution in [-0.2, 0) is 14.8 Å². The number of hydrogen-bond donors (Lipinski definition) is 1. The Balaban J connectivity index is 2.00. The molecule has 0 saturated carbocycles. The third-order valence-corrected chi connectivity index (χ3v) is 7.82. The van der Waals surface area contributed by atoms with Crippen LogP contribution in [0.5, 0.6) is 11.5 Å². The molecule has 10 heteroatoms. The SMILES string of the molecule is CCN(CC)C(=O)c1ccccc1NC(=O)CN(c1ccc(OC)c(OC)c1)S(=O)(=O)c1ccc(C)cc1. The zero-order valence-corrected chi connectivity index (χ0v) is 23.0. The van der Waals surface area contributed by atoms with Crippen molar-refractivity contribution in [1.82, 2.24) is 4.90 Å². The topological polar surface area (TPSA) is 105 Å². The van der Waals surface area contributed by atoms with Gasteiger partial charge in [-0.2, -0.15) is 0 Å². The van der Waals surface area contributed by atoms with Crippen LogP contribution in [0.4, 0.5) is 11.4 Å². The summed E-state index contributed by atoms with van der Waals surface area (Å²) < 4.78 is 39.1. The van der Waals surface area contributed by atoms with Crippen LogP contribution in [0, 0.1) is 6.92 Å². The first kappa shape index (κ1) is 28.5. The lowest BCUT2D eigenvalue weighted by Crippen LogP contribution is -2.38. The molecule has 0 saturated heterocycles. The second-order valence-electron chi connectivity index (χ2n) is 8.44. The number of hydrogen-bond acceptors (Lipinski definition) is 6. The summed E-state index contributed by atoms with van der Waals surface area (Å²) in [4.78, 5) is 28.0. The van der Waals surface area contributed by atoms with Crippen LogP contribution in [0.1, 0.15) is 29.8 Å². The molecular formula is C28H33N3O6S. The lowest BCUT2D eigenvalue weighted by molar-refractivity contribution is -0.114. The fourth-order valence-electron chi connectivity index (χ4n) is 3.91. The van der Waals surface area contributed by atoms with Gasteiger partial charge in [0.05, 0.1) is 36.1 Å². The van der Waals surface area contributed by atoms with Gasteiger partial charge in [0.1, 0.15) is 6.54 Å². The van der Waals surface area contributed by atoms with Crippen LogP contribution in [-0.4, -0.2) is 59.0 Å². The van der Waals surface area contributed by atoms with Crippen molar-refractivity contribution >= 4 is 33.2 Å². The molecule has 0 bridgehead atoms. The monoisotopic (exact) mass is 539 g/mol. The van der Waals surface area contributed by atoms with E-state index in [0.29, 0.717) is 35.8 Å².